The maximum absolute atomic E-state index is 5.50. The van der Waals surface area contributed by atoms with Crippen LogP contribution >= 0.6 is 22.6 Å². The van der Waals surface area contributed by atoms with E-state index < -0.39 is 0 Å². The maximum Gasteiger partial charge on any atom is 0.0314 e. The van der Waals surface area contributed by atoms with Gasteiger partial charge in [-0.25, -0.2) is 0 Å². The Kier molecular flexibility index (Phi) is 2.74. The lowest BCUT2D eigenvalue weighted by Gasteiger charge is -1.92. The van der Waals surface area contributed by atoms with Gasteiger partial charge in [-0.05, 0) is 27.9 Å². The van der Waals surface area contributed by atoms with E-state index >= 15 is 0 Å². The van der Waals surface area contributed by atoms with Crippen LogP contribution in [0.1, 0.15) is 5.56 Å². The molecule has 2 heteroatoms. The second kappa shape index (κ2) is 3.61. The minimum Gasteiger partial charge on any atom is -0.399 e. The molecule has 52 valence electrons. The first kappa shape index (κ1) is 7.60. The molecule has 0 aliphatic rings. The highest BCUT2D eigenvalue weighted by Crippen LogP contribution is 2.07. The molecule has 1 aromatic carbocycles. The molecule has 0 atom stereocenters. The Morgan fingerprint density at radius 2 is 1.80 bits per heavy atom. The number of hydrogen-bond acceptors (Lipinski definition) is 1. The number of anilines is 1. The fourth-order valence-corrected chi connectivity index (χ4v) is 1.10. The highest BCUT2D eigenvalue weighted by molar-refractivity contribution is 14.1. The Balaban J connectivity index is 2.89. The fraction of sp³-hybridized carbons (Fsp3) is 0. The van der Waals surface area contributed by atoms with E-state index in [0.717, 1.165) is 5.69 Å². The molecule has 0 saturated heterocycles. The van der Waals surface area contributed by atoms with Crippen LogP contribution in [0.5, 0.6) is 0 Å². The second-order valence-electron chi connectivity index (χ2n) is 1.96. The summed E-state index contributed by atoms with van der Waals surface area (Å²) in [6.45, 7) is 0. The van der Waals surface area contributed by atoms with Gasteiger partial charge in [0.2, 0.25) is 0 Å². The highest BCUT2D eigenvalue weighted by Gasteiger charge is 1.83. The largest absolute Gasteiger partial charge is 0.399 e. The molecule has 0 fully saturated rings. The lowest BCUT2D eigenvalue weighted by atomic mass is 10.2. The maximum atomic E-state index is 5.50. The third kappa shape index (κ3) is 2.02. The zero-order valence-electron chi connectivity index (χ0n) is 5.42. The molecule has 0 unspecified atom stereocenters. The van der Waals surface area contributed by atoms with E-state index in [4.69, 9.17) is 5.73 Å². The monoisotopic (exact) mass is 245 g/mol. The smallest absolute Gasteiger partial charge is 0.0314 e. The Morgan fingerprint density at radius 1 is 1.20 bits per heavy atom. The van der Waals surface area contributed by atoms with Crippen LogP contribution < -0.4 is 5.73 Å². The van der Waals surface area contributed by atoms with Crippen LogP contribution in [0.25, 0.3) is 6.08 Å². The number of benzene rings is 1. The highest BCUT2D eigenvalue weighted by atomic mass is 127. The molecule has 10 heavy (non-hydrogen) atoms. The van der Waals surface area contributed by atoms with Crippen molar-refractivity contribution in [3.05, 3.63) is 33.9 Å². The standard InChI is InChI=1S/C8H8IN/c9-6-5-7-1-3-8(10)4-2-7/h1-6H,10H2/b6-5+. The van der Waals surface area contributed by atoms with Gasteiger partial charge in [-0.1, -0.05) is 34.7 Å². The molecule has 0 bridgehead atoms. The summed E-state index contributed by atoms with van der Waals surface area (Å²) in [7, 11) is 0. The molecule has 0 aliphatic heterocycles. The minimum absolute atomic E-state index is 0.811. The molecule has 0 aliphatic carbocycles. The number of hydrogen-bond donors (Lipinski definition) is 1. The molecular formula is C8H8IN. The van der Waals surface area contributed by atoms with Gasteiger partial charge < -0.3 is 5.73 Å². The van der Waals surface area contributed by atoms with Gasteiger partial charge in [-0.15, -0.1) is 0 Å². The molecule has 1 rings (SSSR count). The van der Waals surface area contributed by atoms with Gasteiger partial charge in [0, 0.05) is 5.69 Å². The summed E-state index contributed by atoms with van der Waals surface area (Å²) >= 11 is 2.19. The van der Waals surface area contributed by atoms with E-state index in [2.05, 4.69) is 22.6 Å². The van der Waals surface area contributed by atoms with Gasteiger partial charge in [-0.3, -0.25) is 0 Å². The zero-order chi connectivity index (χ0) is 7.40. The molecule has 2 N–H and O–H groups in total. The first-order chi connectivity index (χ1) is 4.83. The van der Waals surface area contributed by atoms with Gasteiger partial charge in [0.15, 0.2) is 0 Å². The average Bonchev–Trinajstić information content (AvgIpc) is 1.95. The Hall–Kier alpha value is -0.510. The SMILES string of the molecule is Nc1ccc(/C=C/I)cc1. The molecular weight excluding hydrogens is 237 g/mol. The van der Waals surface area contributed by atoms with Gasteiger partial charge in [0.1, 0.15) is 0 Å². The normalized spacial score (nSPS) is 10.5. The van der Waals surface area contributed by atoms with Crippen LogP contribution in [-0.2, 0) is 0 Å². The van der Waals surface area contributed by atoms with Gasteiger partial charge >= 0.3 is 0 Å². The molecule has 0 amide bonds. The van der Waals surface area contributed by atoms with Crippen LogP contribution in [0.4, 0.5) is 5.69 Å². The number of nitrogen functional groups attached to an aromatic ring is 1. The van der Waals surface area contributed by atoms with Crippen molar-refractivity contribution in [3.63, 3.8) is 0 Å². The van der Waals surface area contributed by atoms with E-state index in [1.54, 1.807) is 0 Å². The van der Waals surface area contributed by atoms with E-state index in [0.29, 0.717) is 0 Å². The molecule has 0 saturated carbocycles. The summed E-state index contributed by atoms with van der Waals surface area (Å²) in [4.78, 5) is 0. The predicted molar refractivity (Wildman–Crippen MR) is 53.9 cm³/mol. The van der Waals surface area contributed by atoms with Crippen molar-refractivity contribution < 1.29 is 0 Å². The first-order valence-electron chi connectivity index (χ1n) is 2.95. The quantitative estimate of drug-likeness (QED) is 0.597. The summed E-state index contributed by atoms with van der Waals surface area (Å²) in [5.74, 6) is 0. The number of rotatable bonds is 1. The van der Waals surface area contributed by atoms with E-state index in [9.17, 15) is 0 Å². The summed E-state index contributed by atoms with van der Waals surface area (Å²) in [6.07, 6.45) is 2.03. The van der Waals surface area contributed by atoms with E-state index in [-0.39, 0.29) is 0 Å². The second-order valence-corrected chi connectivity index (χ2v) is 2.68. The molecule has 0 radical (unpaired) electrons. The van der Waals surface area contributed by atoms with Crippen molar-refractivity contribution in [2.24, 2.45) is 0 Å². The topological polar surface area (TPSA) is 26.0 Å². The lowest BCUT2D eigenvalue weighted by molar-refractivity contribution is 1.65. The van der Waals surface area contributed by atoms with Gasteiger partial charge in [-0.2, -0.15) is 0 Å². The Labute approximate surface area is 74.1 Å². The van der Waals surface area contributed by atoms with Crippen LogP contribution in [-0.4, -0.2) is 0 Å². The summed E-state index contributed by atoms with van der Waals surface area (Å²) < 4.78 is 1.98. The number of nitrogens with two attached hydrogens (primary N) is 1. The predicted octanol–water partition coefficient (Wildman–Crippen LogP) is 2.67. The van der Waals surface area contributed by atoms with Crippen molar-refractivity contribution in [1.82, 2.24) is 0 Å². The van der Waals surface area contributed by atoms with Crippen molar-refractivity contribution in [2.45, 2.75) is 0 Å². The van der Waals surface area contributed by atoms with Crippen molar-refractivity contribution >= 4 is 34.4 Å². The molecule has 0 spiro atoms. The van der Waals surface area contributed by atoms with Crippen LogP contribution in [0, 0.1) is 0 Å². The lowest BCUT2D eigenvalue weighted by Crippen LogP contribution is -1.82. The molecule has 1 nitrogen and oxygen atoms in total. The average molecular weight is 245 g/mol. The van der Waals surface area contributed by atoms with Gasteiger partial charge in [0.05, 0.1) is 0 Å². The zero-order valence-corrected chi connectivity index (χ0v) is 7.58. The van der Waals surface area contributed by atoms with Crippen LogP contribution in [0.2, 0.25) is 0 Å². The summed E-state index contributed by atoms with van der Waals surface area (Å²) in [5.41, 5.74) is 7.49. The van der Waals surface area contributed by atoms with Crippen LogP contribution in [0.3, 0.4) is 0 Å². The van der Waals surface area contributed by atoms with Crippen LogP contribution in [0.15, 0.2) is 28.3 Å². The summed E-state index contributed by atoms with van der Waals surface area (Å²) in [6, 6.07) is 7.77. The van der Waals surface area contributed by atoms with Crippen molar-refractivity contribution in [2.75, 3.05) is 5.73 Å². The third-order valence-electron chi connectivity index (χ3n) is 1.19. The molecule has 0 aromatic heterocycles. The van der Waals surface area contributed by atoms with Crippen molar-refractivity contribution in [3.8, 4) is 0 Å². The van der Waals surface area contributed by atoms with Crippen molar-refractivity contribution in [1.29, 1.82) is 0 Å². The minimum atomic E-state index is 0.811. The van der Waals surface area contributed by atoms with Gasteiger partial charge in [0.25, 0.3) is 0 Å². The third-order valence-corrected chi connectivity index (χ3v) is 1.55. The fourth-order valence-electron chi connectivity index (χ4n) is 0.680. The molecule has 1 aromatic rings. The first-order valence-corrected chi connectivity index (χ1v) is 4.20. The summed E-state index contributed by atoms with van der Waals surface area (Å²) in [5, 5.41) is 0. The number of halogens is 1. The van der Waals surface area contributed by atoms with E-state index in [1.807, 2.05) is 34.4 Å². The molecule has 0 heterocycles. The van der Waals surface area contributed by atoms with E-state index in [1.165, 1.54) is 5.56 Å². The Bertz CT molecular complexity index is 226. The Morgan fingerprint density at radius 3 is 2.30 bits per heavy atom.